The summed E-state index contributed by atoms with van der Waals surface area (Å²) in [5.74, 6) is -0.212. The molecule has 0 fully saturated rings. The topological polar surface area (TPSA) is 90.6 Å². The molecule has 29 heavy (non-hydrogen) atoms. The molecule has 0 amide bonds. The lowest BCUT2D eigenvalue weighted by molar-refractivity contribution is -0.402. The molecule has 2 heterocycles. The monoisotopic (exact) mass is 385 g/mol. The summed E-state index contributed by atoms with van der Waals surface area (Å²) in [4.78, 5) is 23.0. The minimum atomic E-state index is -0.631. The van der Waals surface area contributed by atoms with Crippen molar-refractivity contribution in [2.24, 2.45) is 5.10 Å². The van der Waals surface area contributed by atoms with Gasteiger partial charge in [-0.15, -0.1) is 0 Å². The van der Waals surface area contributed by atoms with Crippen LogP contribution in [0.1, 0.15) is 5.76 Å². The highest BCUT2D eigenvalue weighted by atomic mass is 16.6. The van der Waals surface area contributed by atoms with Gasteiger partial charge < -0.3 is 4.42 Å². The minimum Gasteiger partial charge on any atom is -0.400 e. The van der Waals surface area contributed by atoms with E-state index in [4.69, 9.17) is 4.42 Å². The number of aromatic nitrogens is 1. The Labute approximate surface area is 165 Å². The van der Waals surface area contributed by atoms with E-state index in [0.717, 1.165) is 16.7 Å². The summed E-state index contributed by atoms with van der Waals surface area (Å²) in [5.41, 5.74) is 2.76. The second-order valence-corrected chi connectivity index (χ2v) is 6.19. The van der Waals surface area contributed by atoms with Crippen molar-refractivity contribution in [3.8, 4) is 22.4 Å². The first kappa shape index (κ1) is 18.1. The molecule has 0 spiro atoms. The number of benzene rings is 2. The maximum atomic E-state index is 12.9. The number of hydrogen-bond donors (Lipinski definition) is 0. The average Bonchev–Trinajstić information content (AvgIpc) is 3.23. The predicted molar refractivity (Wildman–Crippen MR) is 110 cm³/mol. The van der Waals surface area contributed by atoms with Crippen molar-refractivity contribution >= 4 is 12.1 Å². The summed E-state index contributed by atoms with van der Waals surface area (Å²) in [5, 5.41) is 15.0. The van der Waals surface area contributed by atoms with Gasteiger partial charge in [0.15, 0.2) is 5.76 Å². The van der Waals surface area contributed by atoms with Gasteiger partial charge in [0, 0.05) is 11.6 Å². The molecule has 0 unspecified atom stereocenters. The van der Waals surface area contributed by atoms with Crippen LogP contribution in [0.4, 0.5) is 5.88 Å². The Morgan fingerprint density at radius 3 is 2.14 bits per heavy atom. The van der Waals surface area contributed by atoms with Crippen LogP contribution in [-0.2, 0) is 0 Å². The number of hydrogen-bond acceptors (Lipinski definition) is 5. The average molecular weight is 385 g/mol. The second kappa shape index (κ2) is 7.77. The van der Waals surface area contributed by atoms with Crippen molar-refractivity contribution in [3.05, 3.63) is 111 Å². The first-order valence-electron chi connectivity index (χ1n) is 8.78. The lowest BCUT2D eigenvalue weighted by Crippen LogP contribution is -2.17. The Morgan fingerprint density at radius 1 is 0.862 bits per heavy atom. The number of rotatable bonds is 5. The van der Waals surface area contributed by atoms with E-state index in [1.54, 1.807) is 0 Å². The highest BCUT2D eigenvalue weighted by Crippen LogP contribution is 2.25. The Kier molecular flexibility index (Phi) is 4.86. The van der Waals surface area contributed by atoms with Gasteiger partial charge in [0.05, 0.1) is 18.0 Å². The maximum Gasteiger partial charge on any atom is 0.433 e. The van der Waals surface area contributed by atoms with E-state index in [-0.39, 0.29) is 17.2 Å². The molecule has 7 heteroatoms. The fourth-order valence-corrected chi connectivity index (χ4v) is 2.92. The zero-order valence-electron chi connectivity index (χ0n) is 15.1. The molecule has 2 aromatic carbocycles. The van der Waals surface area contributed by atoms with E-state index in [1.807, 2.05) is 66.7 Å². The normalized spacial score (nSPS) is 11.0. The third-order valence-corrected chi connectivity index (χ3v) is 4.28. The van der Waals surface area contributed by atoms with Crippen molar-refractivity contribution in [3.63, 3.8) is 0 Å². The highest BCUT2D eigenvalue weighted by Gasteiger charge is 2.12. The van der Waals surface area contributed by atoms with Crippen molar-refractivity contribution in [2.75, 3.05) is 0 Å². The number of furan rings is 1. The molecule has 0 radical (unpaired) electrons. The quantitative estimate of drug-likeness (QED) is 0.286. The molecule has 0 aliphatic heterocycles. The Bertz CT molecular complexity index is 1240. The zero-order valence-corrected chi connectivity index (χ0v) is 15.1. The predicted octanol–water partition coefficient (Wildman–Crippen LogP) is 4.57. The van der Waals surface area contributed by atoms with Gasteiger partial charge in [0.2, 0.25) is 0 Å². The van der Waals surface area contributed by atoms with Crippen LogP contribution in [-0.4, -0.2) is 15.8 Å². The van der Waals surface area contributed by atoms with E-state index in [2.05, 4.69) is 5.10 Å². The highest BCUT2D eigenvalue weighted by molar-refractivity contribution is 5.77. The van der Waals surface area contributed by atoms with Gasteiger partial charge in [0.25, 0.3) is 5.56 Å². The van der Waals surface area contributed by atoms with E-state index in [9.17, 15) is 14.9 Å². The smallest absolute Gasteiger partial charge is 0.400 e. The van der Waals surface area contributed by atoms with Gasteiger partial charge in [-0.1, -0.05) is 60.7 Å². The molecule has 0 saturated carbocycles. The van der Waals surface area contributed by atoms with Crippen LogP contribution >= 0.6 is 0 Å². The zero-order chi connectivity index (χ0) is 20.2. The molecule has 0 aliphatic carbocycles. The molecule has 4 aromatic rings. The number of pyridine rings is 1. The van der Waals surface area contributed by atoms with Crippen LogP contribution in [0.15, 0.2) is 99.2 Å². The van der Waals surface area contributed by atoms with Gasteiger partial charge in [-0.05, 0) is 23.3 Å². The van der Waals surface area contributed by atoms with Crippen LogP contribution < -0.4 is 5.56 Å². The Morgan fingerprint density at radius 2 is 1.52 bits per heavy atom. The van der Waals surface area contributed by atoms with Crippen LogP contribution in [0.3, 0.4) is 0 Å². The van der Waals surface area contributed by atoms with Gasteiger partial charge >= 0.3 is 5.88 Å². The Balaban J connectivity index is 1.83. The third kappa shape index (κ3) is 3.89. The largest absolute Gasteiger partial charge is 0.433 e. The molecule has 0 atom stereocenters. The van der Waals surface area contributed by atoms with Crippen LogP contribution in [0.25, 0.3) is 22.4 Å². The van der Waals surface area contributed by atoms with Crippen LogP contribution in [0, 0.1) is 10.1 Å². The summed E-state index contributed by atoms with van der Waals surface area (Å²) >= 11 is 0. The number of nitrogens with zero attached hydrogens (tertiary/aromatic N) is 3. The van der Waals surface area contributed by atoms with E-state index < -0.39 is 4.92 Å². The van der Waals surface area contributed by atoms with Crippen molar-refractivity contribution in [1.82, 2.24) is 4.68 Å². The minimum absolute atomic E-state index is 0.176. The summed E-state index contributed by atoms with van der Waals surface area (Å²) in [6.45, 7) is 0. The first-order chi connectivity index (χ1) is 14.1. The molecule has 7 nitrogen and oxygen atoms in total. The SMILES string of the molecule is O=c1cc(-c2ccccc2)cc(-c2ccccc2)n1/N=C/c1ccc([N+](=O)[O-])o1. The molecule has 142 valence electrons. The van der Waals surface area contributed by atoms with Crippen molar-refractivity contribution < 1.29 is 9.34 Å². The van der Waals surface area contributed by atoms with Gasteiger partial charge in [-0.25, -0.2) is 0 Å². The van der Waals surface area contributed by atoms with Crippen LogP contribution in [0.2, 0.25) is 0 Å². The van der Waals surface area contributed by atoms with E-state index in [1.165, 1.54) is 29.1 Å². The molecule has 2 aromatic heterocycles. The van der Waals surface area contributed by atoms with Gasteiger partial charge in [-0.3, -0.25) is 14.9 Å². The third-order valence-electron chi connectivity index (χ3n) is 4.28. The van der Waals surface area contributed by atoms with E-state index >= 15 is 0 Å². The van der Waals surface area contributed by atoms with Crippen molar-refractivity contribution in [1.29, 1.82) is 0 Å². The standard InChI is InChI=1S/C22H15N3O4/c26-21-14-18(16-7-3-1-4-8-16)13-20(17-9-5-2-6-10-17)24(21)23-15-19-11-12-22(29-19)25(27)28/h1-15H/b23-15+. The fraction of sp³-hybridized carbons (Fsp3) is 0. The molecular weight excluding hydrogens is 370 g/mol. The lowest BCUT2D eigenvalue weighted by atomic mass is 10.0. The molecule has 0 saturated heterocycles. The molecule has 4 rings (SSSR count). The Hall–Kier alpha value is -4.26. The van der Waals surface area contributed by atoms with E-state index in [0.29, 0.717) is 5.69 Å². The van der Waals surface area contributed by atoms with Gasteiger partial charge in [-0.2, -0.15) is 9.78 Å². The molecule has 0 N–H and O–H groups in total. The lowest BCUT2D eigenvalue weighted by Gasteiger charge is -2.11. The molecular formula is C22H15N3O4. The number of nitro groups is 1. The summed E-state index contributed by atoms with van der Waals surface area (Å²) < 4.78 is 6.33. The molecule has 0 aliphatic rings. The van der Waals surface area contributed by atoms with Crippen LogP contribution in [0.5, 0.6) is 0 Å². The maximum absolute atomic E-state index is 12.9. The molecule has 0 bridgehead atoms. The first-order valence-corrected chi connectivity index (χ1v) is 8.78. The van der Waals surface area contributed by atoms with Gasteiger partial charge in [0.1, 0.15) is 4.92 Å². The van der Waals surface area contributed by atoms with Crippen molar-refractivity contribution in [2.45, 2.75) is 0 Å². The second-order valence-electron chi connectivity index (χ2n) is 6.19. The summed E-state index contributed by atoms with van der Waals surface area (Å²) in [6.07, 6.45) is 1.28. The fourth-order valence-electron chi connectivity index (χ4n) is 2.92. The summed E-state index contributed by atoms with van der Waals surface area (Å²) in [7, 11) is 0. The summed E-state index contributed by atoms with van der Waals surface area (Å²) in [6, 6.07) is 25.0.